The molecule has 0 unspecified atom stereocenters. The minimum Gasteiger partial charge on any atom is -0.355 e. The lowest BCUT2D eigenvalue weighted by Crippen LogP contribution is -2.47. The minimum atomic E-state index is -0.551. The summed E-state index contributed by atoms with van der Waals surface area (Å²) in [5.74, 6) is 0. The molecule has 0 atom stereocenters. The zero-order valence-electron chi connectivity index (χ0n) is 38.4. The molecule has 3 aliphatic rings. The third-order valence-corrected chi connectivity index (χ3v) is 16.6. The van der Waals surface area contributed by atoms with Gasteiger partial charge in [0.05, 0.1) is 11.1 Å². The molecule has 1 aromatic heterocycles. The predicted molar refractivity (Wildman–Crippen MR) is 287 cm³/mol. The molecule has 10 aromatic rings. The first-order valence-corrected chi connectivity index (χ1v) is 24.6. The maximum Gasteiger partial charge on any atom is 0.197 e. The molecule has 1 N–H and O–H groups in total. The Balaban J connectivity index is 1.10. The number of nitrogens with zero attached hydrogens (tertiary/aromatic N) is 1. The number of benzene rings is 9. The van der Waals surface area contributed by atoms with E-state index in [1.807, 2.05) is 11.3 Å². The lowest BCUT2D eigenvalue weighted by Gasteiger charge is -2.49. The van der Waals surface area contributed by atoms with Crippen molar-refractivity contribution < 1.29 is 0 Å². The summed E-state index contributed by atoms with van der Waals surface area (Å²) in [5, 5.41) is 6.67. The van der Waals surface area contributed by atoms with Gasteiger partial charge in [0.15, 0.2) is 7.28 Å². The Morgan fingerprint density at radius 3 is 1.93 bits per heavy atom. The van der Waals surface area contributed by atoms with Crippen LogP contribution in [0.5, 0.6) is 0 Å². The van der Waals surface area contributed by atoms with Crippen molar-refractivity contribution in [3.8, 4) is 22.3 Å². The van der Waals surface area contributed by atoms with E-state index in [1.165, 1.54) is 117 Å². The zero-order valence-corrected chi connectivity index (χ0v) is 39.2. The highest BCUT2D eigenvalue weighted by atomic mass is 32.1. The summed E-state index contributed by atoms with van der Waals surface area (Å²) in [4.78, 5) is 2.60. The summed E-state index contributed by atoms with van der Waals surface area (Å²) < 4.78 is 2.58. The smallest absolute Gasteiger partial charge is 0.197 e. The van der Waals surface area contributed by atoms with Crippen LogP contribution in [0.15, 0.2) is 200 Å². The molecule has 9 aromatic carbocycles. The average Bonchev–Trinajstić information content (AvgIpc) is 3.75. The molecule has 0 fully saturated rings. The second kappa shape index (κ2) is 14.9. The number of para-hydroxylation sites is 2. The molecule has 0 spiro atoms. The molecular weight excluding hydrogens is 828 g/mol. The quantitative estimate of drug-likeness (QED) is 0.167. The molecule has 0 saturated heterocycles. The molecule has 0 amide bonds. The molecule has 13 rings (SSSR count). The van der Waals surface area contributed by atoms with Crippen molar-refractivity contribution in [3.05, 3.63) is 234 Å². The number of nitrogens with one attached hydrogen (secondary N) is 1. The number of fused-ring (bicyclic) bond motifs is 8. The maximum atomic E-state index is 4.10. The van der Waals surface area contributed by atoms with E-state index >= 15 is 0 Å². The van der Waals surface area contributed by atoms with E-state index in [0.29, 0.717) is 0 Å². The number of thiophene rings is 1. The second-order valence-electron chi connectivity index (χ2n) is 20.2. The fourth-order valence-corrected chi connectivity index (χ4v) is 13.3. The van der Waals surface area contributed by atoms with Crippen LogP contribution in [-0.4, -0.2) is 7.28 Å². The van der Waals surface area contributed by atoms with Gasteiger partial charge in [-0.05, 0) is 122 Å². The number of hydrogen-bond acceptors (Lipinski definition) is 3. The van der Waals surface area contributed by atoms with Gasteiger partial charge in [0.2, 0.25) is 0 Å². The van der Waals surface area contributed by atoms with Gasteiger partial charge in [0.25, 0.3) is 0 Å². The van der Waals surface area contributed by atoms with Gasteiger partial charge in [-0.3, -0.25) is 0 Å². The Morgan fingerprint density at radius 2 is 1.16 bits per heavy atom. The van der Waals surface area contributed by atoms with Gasteiger partial charge in [-0.15, -0.1) is 11.3 Å². The Morgan fingerprint density at radius 1 is 0.507 bits per heavy atom. The van der Waals surface area contributed by atoms with E-state index in [9.17, 15) is 0 Å². The number of rotatable bonds is 6. The van der Waals surface area contributed by atoms with Gasteiger partial charge in [-0.2, -0.15) is 0 Å². The lowest BCUT2D eigenvalue weighted by molar-refractivity contribution is 0.332. The van der Waals surface area contributed by atoms with Gasteiger partial charge >= 0.3 is 0 Å². The van der Waals surface area contributed by atoms with Crippen molar-refractivity contribution in [2.75, 3.05) is 10.2 Å². The van der Waals surface area contributed by atoms with Gasteiger partial charge in [0, 0.05) is 48.5 Å². The van der Waals surface area contributed by atoms with Gasteiger partial charge in [0.1, 0.15) is 0 Å². The van der Waals surface area contributed by atoms with E-state index in [-0.39, 0.29) is 10.8 Å². The van der Waals surface area contributed by atoms with Crippen LogP contribution in [0, 0.1) is 0 Å². The fourth-order valence-electron chi connectivity index (χ4n) is 12.0. The minimum absolute atomic E-state index is 0.0917. The topological polar surface area (TPSA) is 15.3 Å². The van der Waals surface area contributed by atoms with Gasteiger partial charge in [-0.1, -0.05) is 191 Å². The summed E-state index contributed by atoms with van der Waals surface area (Å²) in [6.07, 6.45) is 2.36. The third kappa shape index (κ3) is 6.02. The predicted octanol–water partition coefficient (Wildman–Crippen LogP) is 15.6. The van der Waals surface area contributed by atoms with Crippen molar-refractivity contribution in [1.82, 2.24) is 0 Å². The Labute approximate surface area is 398 Å². The molecular formula is C63H50BN2S. The van der Waals surface area contributed by atoms with Crippen LogP contribution in [0.3, 0.4) is 0 Å². The first-order valence-electron chi connectivity index (χ1n) is 23.8. The summed E-state index contributed by atoms with van der Waals surface area (Å²) in [7, 11) is 2.49. The Hall–Kier alpha value is -7.14. The standard InChI is InChI=1S/C63H50BN2S/c1-61(2)35-36-62(3,4)51-39-44(31-33-48(51)61)65-53-34-32-46-45-25-14-17-30-56(45)67-60(46)57(53)47-37-41(40-19-8-5-9-20-40)38-55-58(47)64-52-28-18-27-50-59(52)66(55)54-29-16-15-26-49(54)63(50,42-21-10-6-11-22-42)43-23-12-7-13-24-43/h5-34,37-39,65H,35-36H2,1-4H3. The van der Waals surface area contributed by atoms with Crippen LogP contribution in [0.1, 0.15) is 73.9 Å². The van der Waals surface area contributed by atoms with Crippen LogP contribution < -0.4 is 21.1 Å². The summed E-state index contributed by atoms with van der Waals surface area (Å²) >= 11 is 1.90. The third-order valence-electron chi connectivity index (χ3n) is 15.4. The Kier molecular flexibility index (Phi) is 8.96. The monoisotopic (exact) mass is 877 g/mol. The largest absolute Gasteiger partial charge is 0.355 e. The Bertz CT molecular complexity index is 3550. The fraction of sp³-hybridized carbons (Fsp3) is 0.143. The molecule has 2 aliphatic heterocycles. The molecule has 0 saturated carbocycles. The van der Waals surface area contributed by atoms with E-state index in [2.05, 4.69) is 245 Å². The van der Waals surface area contributed by atoms with Crippen molar-refractivity contribution in [3.63, 3.8) is 0 Å². The highest BCUT2D eigenvalue weighted by molar-refractivity contribution is 7.26. The highest BCUT2D eigenvalue weighted by Crippen LogP contribution is 2.58. The van der Waals surface area contributed by atoms with Crippen LogP contribution in [0.2, 0.25) is 0 Å². The lowest BCUT2D eigenvalue weighted by atomic mass is 9.54. The van der Waals surface area contributed by atoms with Crippen LogP contribution in [0.4, 0.5) is 28.4 Å². The highest BCUT2D eigenvalue weighted by Gasteiger charge is 2.48. The van der Waals surface area contributed by atoms with Gasteiger partial charge in [-0.25, -0.2) is 0 Å². The molecule has 2 nitrogen and oxygen atoms in total. The van der Waals surface area contributed by atoms with Crippen molar-refractivity contribution >= 4 is 78.2 Å². The van der Waals surface area contributed by atoms with Crippen molar-refractivity contribution in [2.24, 2.45) is 0 Å². The van der Waals surface area contributed by atoms with Crippen molar-refractivity contribution in [2.45, 2.75) is 56.8 Å². The van der Waals surface area contributed by atoms with Crippen LogP contribution in [-0.2, 0) is 16.2 Å². The first-order chi connectivity index (χ1) is 32.7. The summed E-state index contributed by atoms with van der Waals surface area (Å²) in [6.45, 7) is 9.66. The molecule has 67 heavy (non-hydrogen) atoms. The molecule has 1 aliphatic carbocycles. The van der Waals surface area contributed by atoms with E-state index < -0.39 is 5.41 Å². The molecule has 3 heterocycles. The number of hydrogen-bond donors (Lipinski definition) is 1. The SMILES string of the molecule is CC1(C)CCC(C)(C)c2cc(Nc3ccc4c(sc5ccccc54)c3-c3cc(-c4ccccc4)cc4c3[B]c3cccc5c3N4c3ccccc3C5(c3ccccc3)c3ccccc3)ccc21. The van der Waals surface area contributed by atoms with E-state index in [1.54, 1.807) is 0 Å². The number of anilines is 5. The molecule has 0 bridgehead atoms. The zero-order chi connectivity index (χ0) is 45.1. The molecule has 321 valence electrons. The van der Waals surface area contributed by atoms with Crippen LogP contribution >= 0.6 is 11.3 Å². The normalized spacial score (nSPS) is 15.8. The molecule has 4 heteroatoms. The maximum absolute atomic E-state index is 4.10. The molecule has 1 radical (unpaired) electrons. The summed E-state index contributed by atoms with van der Waals surface area (Å²) in [6, 6.07) is 75.1. The van der Waals surface area contributed by atoms with E-state index in [4.69, 9.17) is 0 Å². The summed E-state index contributed by atoms with van der Waals surface area (Å²) in [5.41, 5.74) is 20.8. The van der Waals surface area contributed by atoms with Crippen LogP contribution in [0.25, 0.3) is 42.4 Å². The second-order valence-corrected chi connectivity index (χ2v) is 21.2. The van der Waals surface area contributed by atoms with Gasteiger partial charge < -0.3 is 10.2 Å². The average molecular weight is 878 g/mol. The first kappa shape index (κ1) is 40.2. The van der Waals surface area contributed by atoms with E-state index in [0.717, 1.165) is 11.4 Å². The van der Waals surface area contributed by atoms with Crippen molar-refractivity contribution in [1.29, 1.82) is 0 Å².